The Morgan fingerprint density at radius 3 is 2.64 bits per heavy atom. The molecule has 2 aliphatic rings. The molecule has 3 rings (SSSR count). The van der Waals surface area contributed by atoms with E-state index in [2.05, 4.69) is 55.6 Å². The van der Waals surface area contributed by atoms with Gasteiger partial charge in [0.1, 0.15) is 12.2 Å². The molecule has 0 spiro atoms. The molecule has 1 aromatic heterocycles. The highest BCUT2D eigenvalue weighted by Crippen LogP contribution is 2.41. The lowest BCUT2D eigenvalue weighted by Crippen LogP contribution is -2.42. The molecule has 28 heavy (non-hydrogen) atoms. The van der Waals surface area contributed by atoms with Crippen LogP contribution in [-0.2, 0) is 4.43 Å². The quantitative estimate of drug-likeness (QED) is 0.411. The number of nitrogens with zero attached hydrogens (tertiary/aromatic N) is 3. The molecular formula is C21H35N5OSi. The summed E-state index contributed by atoms with van der Waals surface area (Å²) in [5.74, 6) is 8.04. The zero-order valence-electron chi connectivity index (χ0n) is 18.0. The predicted molar refractivity (Wildman–Crippen MR) is 120 cm³/mol. The Bertz CT molecular complexity index is 766. The Hall–Kier alpha value is -1.70. The summed E-state index contributed by atoms with van der Waals surface area (Å²) in [6, 6.07) is 2.00. The highest BCUT2D eigenvalue weighted by molar-refractivity contribution is 6.74. The van der Waals surface area contributed by atoms with E-state index in [0.29, 0.717) is 11.8 Å². The van der Waals surface area contributed by atoms with E-state index in [0.717, 1.165) is 55.1 Å². The number of aliphatic imine (C=N–C) groups is 2. The Morgan fingerprint density at radius 1 is 1.36 bits per heavy atom. The second kappa shape index (κ2) is 7.97. The molecule has 1 aliphatic carbocycles. The number of aromatic nitrogens is 1. The zero-order chi connectivity index (χ0) is 20.5. The summed E-state index contributed by atoms with van der Waals surface area (Å²) in [4.78, 5) is 11.9. The Balaban J connectivity index is 1.67. The van der Waals surface area contributed by atoms with Gasteiger partial charge in [-0.2, -0.15) is 0 Å². The van der Waals surface area contributed by atoms with Crippen LogP contribution in [0.1, 0.15) is 52.0 Å². The lowest BCUT2D eigenvalue weighted by Gasteiger charge is -2.38. The number of H-pyrrole nitrogens is 1. The first-order chi connectivity index (χ1) is 13.1. The number of nitrogens with one attached hydrogen (secondary N) is 1. The van der Waals surface area contributed by atoms with E-state index in [1.165, 1.54) is 0 Å². The van der Waals surface area contributed by atoms with Gasteiger partial charge < -0.3 is 9.41 Å². The number of nitrogens with two attached hydrogens (primary N) is 1. The third-order valence-corrected chi connectivity index (χ3v) is 11.2. The van der Waals surface area contributed by atoms with Crippen molar-refractivity contribution in [1.29, 1.82) is 0 Å². The fraction of sp³-hybridized carbons (Fsp3) is 0.619. The highest BCUT2D eigenvalue weighted by atomic mass is 28.4. The van der Waals surface area contributed by atoms with E-state index in [1.807, 2.05) is 12.3 Å². The third kappa shape index (κ3) is 4.16. The van der Waals surface area contributed by atoms with Crippen LogP contribution in [0.2, 0.25) is 18.1 Å². The van der Waals surface area contributed by atoms with Gasteiger partial charge in [0, 0.05) is 24.3 Å². The Morgan fingerprint density at radius 2 is 2.04 bits per heavy atom. The molecule has 0 radical (unpaired) electrons. The number of hydrogen-bond donors (Lipinski definition) is 2. The van der Waals surface area contributed by atoms with Crippen LogP contribution in [0.3, 0.4) is 0 Å². The number of rotatable bonds is 5. The molecule has 0 saturated heterocycles. The normalized spacial score (nSPS) is 24.9. The van der Waals surface area contributed by atoms with Gasteiger partial charge in [-0.15, -0.1) is 0 Å². The maximum atomic E-state index is 6.47. The SMILES string of the molecule is C=N/C(=C1/c2cc[nH]c2N=CN1N)C1CCC(CO[Si](C)(C)C(C)(C)C)CC1. The van der Waals surface area contributed by atoms with Crippen molar-refractivity contribution in [2.24, 2.45) is 27.7 Å². The van der Waals surface area contributed by atoms with Crippen LogP contribution >= 0.6 is 0 Å². The molecule has 0 atom stereocenters. The molecule has 7 heteroatoms. The van der Waals surface area contributed by atoms with Crippen molar-refractivity contribution < 1.29 is 4.43 Å². The van der Waals surface area contributed by atoms with Crippen LogP contribution in [0.5, 0.6) is 0 Å². The fourth-order valence-corrected chi connectivity index (χ4v) is 4.87. The van der Waals surface area contributed by atoms with Crippen LogP contribution < -0.4 is 5.84 Å². The number of hydrogen-bond acceptors (Lipinski definition) is 5. The first-order valence-corrected chi connectivity index (χ1v) is 13.2. The molecule has 6 nitrogen and oxygen atoms in total. The van der Waals surface area contributed by atoms with Gasteiger partial charge in [0.25, 0.3) is 0 Å². The second-order valence-corrected chi connectivity index (χ2v) is 14.4. The van der Waals surface area contributed by atoms with Gasteiger partial charge >= 0.3 is 0 Å². The van der Waals surface area contributed by atoms with Crippen molar-refractivity contribution in [3.8, 4) is 0 Å². The molecule has 1 fully saturated rings. The average Bonchev–Trinajstić information content (AvgIpc) is 3.11. The minimum Gasteiger partial charge on any atom is -0.417 e. The minimum absolute atomic E-state index is 0.260. The number of fused-ring (bicyclic) bond motifs is 1. The summed E-state index contributed by atoms with van der Waals surface area (Å²) in [7, 11) is -1.68. The largest absolute Gasteiger partial charge is 0.417 e. The molecule has 0 aromatic carbocycles. The lowest BCUT2D eigenvalue weighted by atomic mass is 9.80. The van der Waals surface area contributed by atoms with Gasteiger partial charge in [0.15, 0.2) is 8.32 Å². The maximum absolute atomic E-state index is 6.47. The van der Waals surface area contributed by atoms with Crippen LogP contribution in [0.25, 0.3) is 5.70 Å². The summed E-state index contributed by atoms with van der Waals surface area (Å²) < 4.78 is 6.47. The molecule has 1 aromatic rings. The summed E-state index contributed by atoms with van der Waals surface area (Å²) in [5, 5.41) is 1.84. The second-order valence-electron chi connectivity index (χ2n) is 9.57. The molecule has 0 amide bonds. The topological polar surface area (TPSA) is 79.0 Å². The van der Waals surface area contributed by atoms with Crippen LogP contribution in [-0.4, -0.2) is 38.0 Å². The van der Waals surface area contributed by atoms with E-state index in [9.17, 15) is 0 Å². The Kier molecular flexibility index (Phi) is 5.98. The van der Waals surface area contributed by atoms with Gasteiger partial charge in [-0.05, 0) is 62.5 Å². The number of hydrazine groups is 1. The number of allylic oxidation sites excluding steroid dienone is 1. The van der Waals surface area contributed by atoms with Gasteiger partial charge in [-0.25, -0.2) is 10.8 Å². The summed E-state index contributed by atoms with van der Waals surface area (Å²) in [6.45, 7) is 16.3. The first kappa shape index (κ1) is 21.0. The molecule has 154 valence electrons. The molecule has 2 heterocycles. The number of aromatic amines is 1. The Labute approximate surface area is 170 Å². The van der Waals surface area contributed by atoms with E-state index in [-0.39, 0.29) is 5.04 Å². The van der Waals surface area contributed by atoms with Crippen molar-refractivity contribution in [2.45, 2.75) is 64.6 Å². The molecule has 3 N–H and O–H groups in total. The van der Waals surface area contributed by atoms with E-state index in [1.54, 1.807) is 11.3 Å². The summed E-state index contributed by atoms with van der Waals surface area (Å²) >= 11 is 0. The van der Waals surface area contributed by atoms with Crippen molar-refractivity contribution in [2.75, 3.05) is 6.61 Å². The van der Waals surface area contributed by atoms with E-state index in [4.69, 9.17) is 10.3 Å². The highest BCUT2D eigenvalue weighted by Gasteiger charge is 2.38. The average molecular weight is 402 g/mol. The van der Waals surface area contributed by atoms with E-state index >= 15 is 0 Å². The zero-order valence-corrected chi connectivity index (χ0v) is 19.0. The molecule has 0 unspecified atom stereocenters. The fourth-order valence-electron chi connectivity index (χ4n) is 3.79. The van der Waals surface area contributed by atoms with Crippen molar-refractivity contribution in [3.63, 3.8) is 0 Å². The van der Waals surface area contributed by atoms with Gasteiger partial charge in [-0.1, -0.05) is 20.8 Å². The molecule has 1 aliphatic heterocycles. The van der Waals surface area contributed by atoms with Crippen LogP contribution in [0.4, 0.5) is 5.82 Å². The monoisotopic (exact) mass is 401 g/mol. The van der Waals surface area contributed by atoms with E-state index < -0.39 is 8.32 Å². The van der Waals surface area contributed by atoms with Gasteiger partial charge in [0.05, 0.1) is 11.4 Å². The molecule has 1 saturated carbocycles. The van der Waals surface area contributed by atoms with Crippen LogP contribution in [0.15, 0.2) is 27.9 Å². The third-order valence-electron chi connectivity index (χ3n) is 6.68. The summed E-state index contributed by atoms with van der Waals surface area (Å²) in [5.41, 5.74) is 2.90. The molecular weight excluding hydrogens is 366 g/mol. The minimum atomic E-state index is -1.68. The summed E-state index contributed by atoms with van der Waals surface area (Å²) in [6.07, 6.45) is 8.02. The van der Waals surface area contributed by atoms with Crippen molar-refractivity contribution in [1.82, 2.24) is 9.99 Å². The molecule has 0 bridgehead atoms. The van der Waals surface area contributed by atoms with Crippen molar-refractivity contribution >= 4 is 32.9 Å². The smallest absolute Gasteiger partial charge is 0.191 e. The van der Waals surface area contributed by atoms with Crippen molar-refractivity contribution in [3.05, 3.63) is 23.5 Å². The van der Waals surface area contributed by atoms with Gasteiger partial charge in [-0.3, -0.25) is 10.0 Å². The first-order valence-electron chi connectivity index (χ1n) is 10.2. The van der Waals surface area contributed by atoms with Crippen LogP contribution in [0, 0.1) is 11.8 Å². The van der Waals surface area contributed by atoms with Gasteiger partial charge in [0.2, 0.25) is 0 Å². The standard InChI is InChI=1S/C21H35N5OSi/c1-21(2,3)28(5,6)27-13-15-7-9-16(10-8-15)18(23-4)19-17-11-12-24-20(17)25-14-26(19)22/h11-12,14-16,24H,4,7-10,13,22H2,1-3,5-6H3/b19-18-. The lowest BCUT2D eigenvalue weighted by molar-refractivity contribution is 0.178. The predicted octanol–water partition coefficient (Wildman–Crippen LogP) is 5.06. The maximum Gasteiger partial charge on any atom is 0.191 e.